The average molecular weight is 411 g/mol. The molecule has 0 saturated heterocycles. The second kappa shape index (κ2) is 9.09. The van der Waals surface area contributed by atoms with E-state index in [1.54, 1.807) is 23.3 Å². The van der Waals surface area contributed by atoms with Gasteiger partial charge in [-0.25, -0.2) is 4.79 Å². The van der Waals surface area contributed by atoms with Crippen LogP contribution in [0.3, 0.4) is 0 Å². The van der Waals surface area contributed by atoms with E-state index < -0.39 is 5.97 Å². The Balaban J connectivity index is 1.62. The zero-order valence-corrected chi connectivity index (χ0v) is 18.0. The van der Waals surface area contributed by atoms with Crippen molar-refractivity contribution in [1.29, 1.82) is 0 Å². The molecule has 1 amide bonds. The van der Waals surface area contributed by atoms with Crippen molar-refractivity contribution in [3.8, 4) is 0 Å². The number of carbonyl (C=O) groups is 2. The number of benzene rings is 1. The Hall–Kier alpha value is -2.86. The van der Waals surface area contributed by atoms with Gasteiger partial charge >= 0.3 is 5.97 Å². The van der Waals surface area contributed by atoms with Gasteiger partial charge in [0.25, 0.3) is 5.91 Å². The zero-order chi connectivity index (χ0) is 21.0. The maximum absolute atomic E-state index is 12.6. The highest BCUT2D eigenvalue weighted by atomic mass is 32.1. The normalized spacial score (nSPS) is 11.9. The number of rotatable bonds is 7. The minimum atomic E-state index is -0.468. The summed E-state index contributed by atoms with van der Waals surface area (Å²) in [5.74, 6) is -0.702. The maximum Gasteiger partial charge on any atom is 0.340 e. The molecule has 0 bridgehead atoms. The minimum Gasteiger partial charge on any atom is -0.452 e. The quantitative estimate of drug-likeness (QED) is 0.535. The van der Waals surface area contributed by atoms with Crippen LogP contribution in [-0.4, -0.2) is 35.0 Å². The predicted octanol–water partition coefficient (Wildman–Crippen LogP) is 4.59. The summed E-state index contributed by atoms with van der Waals surface area (Å²) in [4.78, 5) is 27.9. The molecule has 1 atom stereocenters. The lowest BCUT2D eigenvalue weighted by atomic mass is 10.1. The number of aromatic nitrogens is 1. The van der Waals surface area contributed by atoms with Crippen molar-refractivity contribution in [3.05, 3.63) is 81.3 Å². The number of thiophene rings is 1. The fraction of sp³-hybridized carbons (Fsp3) is 0.304. The highest BCUT2D eigenvalue weighted by Crippen LogP contribution is 2.21. The maximum atomic E-state index is 12.6. The van der Waals surface area contributed by atoms with Crippen molar-refractivity contribution in [3.63, 3.8) is 0 Å². The number of ether oxygens (including phenoxy) is 1. The van der Waals surface area contributed by atoms with Crippen LogP contribution >= 0.6 is 11.3 Å². The standard InChI is InChI=1S/C23H26N2O3S/c1-16-13-21(18(3)25(16)14-20-11-8-12-29-20)23(27)28-15-22(26)24(4)17(2)19-9-6-5-7-10-19/h5-13,17H,14-15H2,1-4H3/t17-/m1/s1. The Labute approximate surface area is 175 Å². The van der Waals surface area contributed by atoms with E-state index in [-0.39, 0.29) is 18.6 Å². The largest absolute Gasteiger partial charge is 0.452 e. The lowest BCUT2D eigenvalue weighted by Crippen LogP contribution is -2.33. The Bertz CT molecular complexity index is 977. The van der Waals surface area contributed by atoms with Crippen LogP contribution in [-0.2, 0) is 16.1 Å². The molecule has 0 unspecified atom stereocenters. The highest BCUT2D eigenvalue weighted by Gasteiger charge is 2.21. The van der Waals surface area contributed by atoms with E-state index >= 15 is 0 Å². The summed E-state index contributed by atoms with van der Waals surface area (Å²) in [6, 6.07) is 15.6. The van der Waals surface area contributed by atoms with Gasteiger partial charge in [-0.3, -0.25) is 4.79 Å². The van der Waals surface area contributed by atoms with Crippen LogP contribution in [0.2, 0.25) is 0 Å². The molecule has 0 saturated carbocycles. The van der Waals surface area contributed by atoms with E-state index in [0.717, 1.165) is 23.5 Å². The van der Waals surface area contributed by atoms with Crippen LogP contribution in [0.5, 0.6) is 0 Å². The molecule has 6 heteroatoms. The Morgan fingerprint density at radius 2 is 1.86 bits per heavy atom. The van der Waals surface area contributed by atoms with Crippen LogP contribution < -0.4 is 0 Å². The lowest BCUT2D eigenvalue weighted by molar-refractivity contribution is -0.135. The molecular weight excluding hydrogens is 384 g/mol. The first-order valence-electron chi connectivity index (χ1n) is 9.55. The van der Waals surface area contributed by atoms with Gasteiger partial charge in [-0.15, -0.1) is 11.3 Å². The van der Waals surface area contributed by atoms with Gasteiger partial charge in [0.2, 0.25) is 0 Å². The van der Waals surface area contributed by atoms with Crippen molar-refractivity contribution >= 4 is 23.2 Å². The fourth-order valence-electron chi connectivity index (χ4n) is 3.29. The molecule has 0 fully saturated rings. The summed E-state index contributed by atoms with van der Waals surface area (Å²) in [6.45, 7) is 6.27. The number of hydrogen-bond acceptors (Lipinski definition) is 4. The van der Waals surface area contributed by atoms with E-state index in [2.05, 4.69) is 10.6 Å². The third kappa shape index (κ3) is 4.77. The summed E-state index contributed by atoms with van der Waals surface area (Å²) >= 11 is 1.68. The molecule has 5 nitrogen and oxygen atoms in total. The molecule has 0 aliphatic carbocycles. The number of esters is 1. The third-order valence-electron chi connectivity index (χ3n) is 5.27. The Morgan fingerprint density at radius 1 is 1.14 bits per heavy atom. The first-order chi connectivity index (χ1) is 13.9. The van der Waals surface area contributed by atoms with Gasteiger partial charge in [-0.2, -0.15) is 0 Å². The molecule has 0 aliphatic rings. The third-order valence-corrected chi connectivity index (χ3v) is 6.13. The second-order valence-electron chi connectivity index (χ2n) is 7.12. The van der Waals surface area contributed by atoms with Gasteiger partial charge in [0, 0.05) is 23.3 Å². The molecule has 3 aromatic rings. The number of carbonyl (C=O) groups excluding carboxylic acids is 2. The van der Waals surface area contributed by atoms with Gasteiger partial charge in [0.05, 0.1) is 18.2 Å². The van der Waals surface area contributed by atoms with E-state index in [1.807, 2.05) is 68.6 Å². The van der Waals surface area contributed by atoms with Crippen LogP contribution in [0.25, 0.3) is 0 Å². The van der Waals surface area contributed by atoms with E-state index in [0.29, 0.717) is 5.56 Å². The molecule has 0 aliphatic heterocycles. The first-order valence-corrected chi connectivity index (χ1v) is 10.4. The van der Waals surface area contributed by atoms with Crippen molar-refractivity contribution in [1.82, 2.24) is 9.47 Å². The zero-order valence-electron chi connectivity index (χ0n) is 17.2. The number of likely N-dealkylation sites (N-methyl/N-ethyl adjacent to an activating group) is 1. The summed E-state index contributed by atoms with van der Waals surface area (Å²) < 4.78 is 7.43. The van der Waals surface area contributed by atoms with E-state index in [9.17, 15) is 9.59 Å². The van der Waals surface area contributed by atoms with Crippen molar-refractivity contribution in [2.75, 3.05) is 13.7 Å². The van der Waals surface area contributed by atoms with Gasteiger partial charge in [-0.05, 0) is 43.8 Å². The molecule has 2 heterocycles. The number of aryl methyl sites for hydroxylation is 1. The molecule has 1 aromatic carbocycles. The molecule has 3 rings (SSSR count). The lowest BCUT2D eigenvalue weighted by Gasteiger charge is -2.25. The smallest absolute Gasteiger partial charge is 0.340 e. The fourth-order valence-corrected chi connectivity index (χ4v) is 3.98. The number of nitrogens with zero attached hydrogens (tertiary/aromatic N) is 2. The van der Waals surface area contributed by atoms with Gasteiger partial charge in [0.1, 0.15) is 0 Å². The van der Waals surface area contributed by atoms with Crippen LogP contribution in [0, 0.1) is 13.8 Å². The topological polar surface area (TPSA) is 51.5 Å². The highest BCUT2D eigenvalue weighted by molar-refractivity contribution is 7.09. The minimum absolute atomic E-state index is 0.0988. The Kier molecular flexibility index (Phi) is 6.54. The summed E-state index contributed by atoms with van der Waals surface area (Å²) in [6.07, 6.45) is 0. The van der Waals surface area contributed by atoms with Gasteiger partial charge in [0.15, 0.2) is 6.61 Å². The Morgan fingerprint density at radius 3 is 2.52 bits per heavy atom. The average Bonchev–Trinajstić information content (AvgIpc) is 3.35. The van der Waals surface area contributed by atoms with E-state index in [1.165, 1.54) is 4.88 Å². The van der Waals surface area contributed by atoms with Gasteiger partial charge in [-0.1, -0.05) is 36.4 Å². The molecule has 29 heavy (non-hydrogen) atoms. The molecule has 0 spiro atoms. The number of amides is 1. The molecule has 0 radical (unpaired) electrons. The monoisotopic (exact) mass is 410 g/mol. The van der Waals surface area contributed by atoms with Crippen molar-refractivity contribution in [2.24, 2.45) is 0 Å². The summed E-state index contributed by atoms with van der Waals surface area (Å²) in [7, 11) is 1.72. The second-order valence-corrected chi connectivity index (χ2v) is 8.15. The van der Waals surface area contributed by atoms with Crippen LogP contribution in [0.15, 0.2) is 53.9 Å². The summed E-state index contributed by atoms with van der Waals surface area (Å²) in [5.41, 5.74) is 3.38. The van der Waals surface area contributed by atoms with Crippen molar-refractivity contribution < 1.29 is 14.3 Å². The van der Waals surface area contributed by atoms with E-state index in [4.69, 9.17) is 4.74 Å². The molecule has 2 aromatic heterocycles. The van der Waals surface area contributed by atoms with Crippen LogP contribution in [0.4, 0.5) is 0 Å². The van der Waals surface area contributed by atoms with Gasteiger partial charge < -0.3 is 14.2 Å². The van der Waals surface area contributed by atoms with Crippen LogP contribution in [0.1, 0.15) is 45.2 Å². The molecular formula is C23H26N2O3S. The molecule has 152 valence electrons. The SMILES string of the molecule is Cc1cc(C(=O)OCC(=O)N(C)[C@H](C)c2ccccc2)c(C)n1Cc1cccs1. The summed E-state index contributed by atoms with van der Waals surface area (Å²) in [5, 5.41) is 2.04. The van der Waals surface area contributed by atoms with Crippen molar-refractivity contribution in [2.45, 2.75) is 33.4 Å². The number of hydrogen-bond donors (Lipinski definition) is 0. The predicted molar refractivity (Wildman–Crippen MR) is 115 cm³/mol. The first kappa shape index (κ1) is 20.9. The molecule has 0 N–H and O–H groups in total.